The molecule has 6 nitrogen and oxygen atoms in total. The number of nitrogen functional groups attached to an aromatic ring is 1. The molecule has 1 atom stereocenters. The summed E-state index contributed by atoms with van der Waals surface area (Å²) in [6.45, 7) is 0. The second-order valence-corrected chi connectivity index (χ2v) is 4.22. The predicted molar refractivity (Wildman–Crippen MR) is 67.8 cm³/mol. The molecule has 0 aromatic heterocycles. The second-order valence-electron chi connectivity index (χ2n) is 4.22. The Kier molecular flexibility index (Phi) is 5.05. The summed E-state index contributed by atoms with van der Waals surface area (Å²) in [4.78, 5) is 33.3. The van der Waals surface area contributed by atoms with Gasteiger partial charge in [0.25, 0.3) is 0 Å². The van der Waals surface area contributed by atoms with Gasteiger partial charge in [0, 0.05) is 24.1 Å². The summed E-state index contributed by atoms with van der Waals surface area (Å²) >= 11 is 0. The number of ketones is 1. The number of hydrogen-bond acceptors (Lipinski definition) is 4. The van der Waals surface area contributed by atoms with Crippen LogP contribution in [0.2, 0.25) is 0 Å². The van der Waals surface area contributed by atoms with Crippen LogP contribution in [0.15, 0.2) is 24.3 Å². The van der Waals surface area contributed by atoms with Crippen molar-refractivity contribution in [3.8, 4) is 0 Å². The van der Waals surface area contributed by atoms with Crippen LogP contribution in [0.1, 0.15) is 29.6 Å². The van der Waals surface area contributed by atoms with Crippen molar-refractivity contribution in [3.63, 3.8) is 0 Å². The van der Waals surface area contributed by atoms with E-state index in [-0.39, 0.29) is 25.0 Å². The minimum absolute atomic E-state index is 0.0641. The molecule has 0 saturated heterocycles. The molecular formula is C13H15NO5. The quantitative estimate of drug-likeness (QED) is 0.506. The molecule has 0 aliphatic carbocycles. The number of hydrogen-bond donors (Lipinski definition) is 3. The highest BCUT2D eigenvalue weighted by Crippen LogP contribution is 2.16. The fourth-order valence-corrected chi connectivity index (χ4v) is 1.62. The molecule has 1 aromatic carbocycles. The minimum Gasteiger partial charge on any atom is -0.481 e. The average Bonchev–Trinajstić information content (AvgIpc) is 2.34. The summed E-state index contributed by atoms with van der Waals surface area (Å²) in [6, 6.07) is 6.15. The van der Waals surface area contributed by atoms with E-state index in [1.165, 1.54) is 12.1 Å². The van der Waals surface area contributed by atoms with Gasteiger partial charge in [0.05, 0.1) is 5.92 Å². The summed E-state index contributed by atoms with van der Waals surface area (Å²) < 4.78 is 0. The number of benzene rings is 1. The zero-order valence-electron chi connectivity index (χ0n) is 10.2. The normalized spacial score (nSPS) is 11.8. The first-order valence-electron chi connectivity index (χ1n) is 5.73. The topological polar surface area (TPSA) is 118 Å². The van der Waals surface area contributed by atoms with Crippen LogP contribution >= 0.6 is 0 Å². The van der Waals surface area contributed by atoms with Crippen LogP contribution in [0.25, 0.3) is 0 Å². The van der Waals surface area contributed by atoms with E-state index in [1.807, 2.05) is 0 Å². The molecule has 0 spiro atoms. The molecule has 6 heteroatoms. The maximum atomic E-state index is 11.9. The third kappa shape index (κ3) is 4.79. The maximum absolute atomic E-state index is 11.9. The fourth-order valence-electron chi connectivity index (χ4n) is 1.62. The molecule has 0 saturated carbocycles. The lowest BCUT2D eigenvalue weighted by atomic mass is 9.94. The fraction of sp³-hybridized carbons (Fsp3) is 0.308. The summed E-state index contributed by atoms with van der Waals surface area (Å²) in [5.41, 5.74) is 6.37. The molecule has 0 fully saturated rings. The summed E-state index contributed by atoms with van der Waals surface area (Å²) in [5, 5.41) is 17.5. The van der Waals surface area contributed by atoms with Crippen LogP contribution < -0.4 is 5.73 Å². The average molecular weight is 265 g/mol. The Morgan fingerprint density at radius 3 is 2.16 bits per heavy atom. The van der Waals surface area contributed by atoms with Gasteiger partial charge < -0.3 is 15.9 Å². The first kappa shape index (κ1) is 14.7. The molecule has 1 rings (SSSR count). The van der Waals surface area contributed by atoms with Gasteiger partial charge in [-0.1, -0.05) is 0 Å². The zero-order chi connectivity index (χ0) is 14.4. The first-order chi connectivity index (χ1) is 8.90. The van der Waals surface area contributed by atoms with E-state index in [0.717, 1.165) is 0 Å². The first-order valence-corrected chi connectivity index (χ1v) is 5.73. The van der Waals surface area contributed by atoms with Crippen molar-refractivity contribution < 1.29 is 24.6 Å². The van der Waals surface area contributed by atoms with E-state index in [2.05, 4.69) is 0 Å². The molecule has 0 bridgehead atoms. The molecule has 0 aliphatic heterocycles. The molecule has 4 N–H and O–H groups in total. The standard InChI is InChI=1S/C13H15NO5/c14-10-4-1-8(2-5-10)11(15)7-9(13(18)19)3-6-12(16)17/h1-2,4-5,9H,3,6-7,14H2,(H,16,17)(H,18,19)/t9-/m0/s1. The van der Waals surface area contributed by atoms with E-state index in [9.17, 15) is 14.4 Å². The molecule has 0 unspecified atom stereocenters. The Bertz CT molecular complexity index is 480. The number of carbonyl (C=O) groups excluding carboxylic acids is 1. The van der Waals surface area contributed by atoms with E-state index >= 15 is 0 Å². The van der Waals surface area contributed by atoms with E-state index in [4.69, 9.17) is 15.9 Å². The Labute approximate surface area is 109 Å². The molecule has 0 aliphatic rings. The van der Waals surface area contributed by atoms with Gasteiger partial charge >= 0.3 is 11.9 Å². The third-order valence-corrected chi connectivity index (χ3v) is 2.72. The molecule has 0 radical (unpaired) electrons. The summed E-state index contributed by atoms with van der Waals surface area (Å²) in [6.07, 6.45) is -0.552. The van der Waals surface area contributed by atoms with Gasteiger partial charge in [0.2, 0.25) is 0 Å². The van der Waals surface area contributed by atoms with Gasteiger partial charge in [-0.2, -0.15) is 0 Å². The van der Waals surface area contributed by atoms with Crippen molar-refractivity contribution in [2.24, 2.45) is 5.92 Å². The summed E-state index contributed by atoms with van der Waals surface area (Å²) in [7, 11) is 0. The van der Waals surface area contributed by atoms with E-state index < -0.39 is 17.9 Å². The van der Waals surface area contributed by atoms with Crippen LogP contribution in [0.4, 0.5) is 5.69 Å². The number of Topliss-reactive ketones (excluding diaryl/α,β-unsaturated/α-hetero) is 1. The van der Waals surface area contributed by atoms with Crippen molar-refractivity contribution in [3.05, 3.63) is 29.8 Å². The maximum Gasteiger partial charge on any atom is 0.306 e. The van der Waals surface area contributed by atoms with Gasteiger partial charge in [0.1, 0.15) is 0 Å². The van der Waals surface area contributed by atoms with Gasteiger partial charge in [-0.15, -0.1) is 0 Å². The van der Waals surface area contributed by atoms with Gasteiger partial charge in [-0.25, -0.2) is 0 Å². The number of carbonyl (C=O) groups is 3. The highest BCUT2D eigenvalue weighted by atomic mass is 16.4. The Morgan fingerprint density at radius 2 is 1.68 bits per heavy atom. The summed E-state index contributed by atoms with van der Waals surface area (Å²) in [5.74, 6) is -3.56. The third-order valence-electron chi connectivity index (χ3n) is 2.72. The van der Waals surface area contributed by atoms with Gasteiger partial charge in [-0.05, 0) is 30.7 Å². The van der Waals surface area contributed by atoms with Crippen LogP contribution in [-0.2, 0) is 9.59 Å². The largest absolute Gasteiger partial charge is 0.481 e. The number of aliphatic carboxylic acids is 2. The zero-order valence-corrected chi connectivity index (χ0v) is 10.2. The van der Waals surface area contributed by atoms with E-state index in [0.29, 0.717) is 11.3 Å². The van der Waals surface area contributed by atoms with E-state index in [1.54, 1.807) is 12.1 Å². The van der Waals surface area contributed by atoms with Crippen molar-refractivity contribution in [1.29, 1.82) is 0 Å². The number of nitrogens with two attached hydrogens (primary N) is 1. The number of anilines is 1. The number of rotatable bonds is 7. The number of carboxylic acid groups (broad SMARTS) is 2. The van der Waals surface area contributed by atoms with Crippen molar-refractivity contribution in [2.45, 2.75) is 19.3 Å². The Balaban J connectivity index is 2.68. The monoisotopic (exact) mass is 265 g/mol. The predicted octanol–water partition coefficient (Wildman–Crippen LogP) is 1.41. The van der Waals surface area contributed by atoms with Gasteiger partial charge in [-0.3, -0.25) is 14.4 Å². The van der Waals surface area contributed by atoms with Crippen molar-refractivity contribution in [1.82, 2.24) is 0 Å². The SMILES string of the molecule is Nc1ccc(C(=O)C[C@H](CCC(=O)O)C(=O)O)cc1. The lowest BCUT2D eigenvalue weighted by Gasteiger charge is -2.10. The molecule has 0 amide bonds. The Morgan fingerprint density at radius 1 is 1.11 bits per heavy atom. The molecule has 102 valence electrons. The van der Waals surface area contributed by atoms with Crippen molar-refractivity contribution >= 4 is 23.4 Å². The van der Waals surface area contributed by atoms with Crippen LogP contribution in [-0.4, -0.2) is 27.9 Å². The van der Waals surface area contributed by atoms with Crippen LogP contribution in [0.3, 0.4) is 0 Å². The van der Waals surface area contributed by atoms with Crippen molar-refractivity contribution in [2.75, 3.05) is 5.73 Å². The number of carboxylic acids is 2. The Hall–Kier alpha value is -2.37. The second kappa shape index (κ2) is 6.53. The molecule has 0 heterocycles. The highest BCUT2D eigenvalue weighted by molar-refractivity contribution is 5.98. The smallest absolute Gasteiger partial charge is 0.306 e. The van der Waals surface area contributed by atoms with Gasteiger partial charge in [0.15, 0.2) is 5.78 Å². The minimum atomic E-state index is -1.16. The van der Waals surface area contributed by atoms with Crippen LogP contribution in [0, 0.1) is 5.92 Å². The lowest BCUT2D eigenvalue weighted by molar-refractivity contribution is -0.142. The van der Waals surface area contributed by atoms with Crippen LogP contribution in [0.5, 0.6) is 0 Å². The lowest BCUT2D eigenvalue weighted by Crippen LogP contribution is -2.19. The molecule has 1 aromatic rings. The molecular weight excluding hydrogens is 250 g/mol. The molecule has 19 heavy (non-hydrogen) atoms. The highest BCUT2D eigenvalue weighted by Gasteiger charge is 2.22.